The van der Waals surface area contributed by atoms with Gasteiger partial charge < -0.3 is 20.3 Å². The second-order valence-corrected chi connectivity index (χ2v) is 7.46. The predicted octanol–water partition coefficient (Wildman–Crippen LogP) is 1.50. The van der Waals surface area contributed by atoms with Crippen LogP contribution in [0, 0.1) is 10.1 Å². The minimum Gasteiger partial charge on any atom is -0.450 e. The Bertz CT molecular complexity index is 927. The van der Waals surface area contributed by atoms with Crippen molar-refractivity contribution < 1.29 is 28.8 Å². The lowest BCUT2D eigenvalue weighted by atomic mass is 10.1. The number of benzene rings is 1. The highest BCUT2D eigenvalue weighted by Crippen LogP contribution is 2.26. The molecular formula is C20H25N5O7. The van der Waals surface area contributed by atoms with E-state index < -0.39 is 16.7 Å². The van der Waals surface area contributed by atoms with Crippen molar-refractivity contribution in [2.75, 3.05) is 32.8 Å². The molecule has 2 aliphatic rings. The van der Waals surface area contributed by atoms with Gasteiger partial charge in [-0.2, -0.15) is 0 Å². The summed E-state index contributed by atoms with van der Waals surface area (Å²) in [6.45, 7) is 3.39. The molecule has 172 valence electrons. The second kappa shape index (κ2) is 10.1. The Morgan fingerprint density at radius 3 is 2.53 bits per heavy atom. The molecule has 2 aliphatic heterocycles. The molecule has 1 saturated heterocycles. The minimum atomic E-state index is -0.621. The summed E-state index contributed by atoms with van der Waals surface area (Å²) in [5.41, 5.74) is -0.0947. The number of rotatable bonds is 7. The van der Waals surface area contributed by atoms with Crippen LogP contribution in [0.4, 0.5) is 15.3 Å². The molecule has 5 amide bonds. The molecule has 0 spiro atoms. The lowest BCUT2D eigenvalue weighted by molar-refractivity contribution is -0.384. The number of carbonyl (C=O) groups excluding carboxylic acids is 4. The fourth-order valence-corrected chi connectivity index (χ4v) is 3.69. The van der Waals surface area contributed by atoms with Crippen LogP contribution in [0.1, 0.15) is 46.9 Å². The number of likely N-dealkylation sites (tertiary alicyclic amines) is 1. The molecule has 0 aliphatic carbocycles. The molecule has 12 heteroatoms. The molecule has 0 bridgehead atoms. The van der Waals surface area contributed by atoms with Crippen LogP contribution in [-0.4, -0.2) is 77.5 Å². The number of carbonyl (C=O) groups is 4. The number of nitro groups is 1. The summed E-state index contributed by atoms with van der Waals surface area (Å²) < 4.78 is 4.96. The van der Waals surface area contributed by atoms with Gasteiger partial charge >= 0.3 is 12.1 Å². The Morgan fingerprint density at radius 2 is 1.88 bits per heavy atom. The molecule has 2 N–H and O–H groups in total. The first-order valence-electron chi connectivity index (χ1n) is 10.4. The average Bonchev–Trinajstić information content (AvgIpc) is 3.01. The first-order valence-corrected chi connectivity index (χ1v) is 10.4. The average molecular weight is 447 g/mol. The number of non-ortho nitro benzene ring substituents is 1. The molecule has 2 heterocycles. The van der Waals surface area contributed by atoms with Gasteiger partial charge in [0.05, 0.1) is 22.7 Å². The van der Waals surface area contributed by atoms with Gasteiger partial charge in [-0.15, -0.1) is 0 Å². The maximum absolute atomic E-state index is 12.4. The molecule has 0 saturated carbocycles. The summed E-state index contributed by atoms with van der Waals surface area (Å²) in [5, 5.41) is 16.4. The zero-order valence-corrected chi connectivity index (χ0v) is 17.7. The monoisotopic (exact) mass is 447 g/mol. The lowest BCUT2D eigenvalue weighted by Crippen LogP contribution is -2.49. The van der Waals surface area contributed by atoms with Gasteiger partial charge in [-0.3, -0.25) is 24.6 Å². The van der Waals surface area contributed by atoms with Gasteiger partial charge in [0.15, 0.2) is 0 Å². The van der Waals surface area contributed by atoms with Gasteiger partial charge in [-0.1, -0.05) is 0 Å². The number of hydrogen-bond acceptors (Lipinski definition) is 7. The van der Waals surface area contributed by atoms with Crippen LogP contribution in [0.5, 0.6) is 0 Å². The molecule has 12 nitrogen and oxygen atoms in total. The summed E-state index contributed by atoms with van der Waals surface area (Å²) >= 11 is 0. The van der Waals surface area contributed by atoms with E-state index in [-0.39, 0.29) is 48.1 Å². The number of piperidine rings is 1. The Labute approximate surface area is 184 Å². The highest BCUT2D eigenvalue weighted by atomic mass is 16.6. The third-order valence-corrected chi connectivity index (χ3v) is 5.37. The van der Waals surface area contributed by atoms with Crippen LogP contribution < -0.4 is 10.6 Å². The maximum Gasteiger partial charge on any atom is 0.409 e. The zero-order valence-electron chi connectivity index (χ0n) is 17.7. The van der Waals surface area contributed by atoms with Crippen LogP contribution in [0.3, 0.4) is 0 Å². The van der Waals surface area contributed by atoms with Crippen molar-refractivity contribution >= 4 is 29.6 Å². The molecule has 0 aromatic heterocycles. The number of ether oxygens (including phenoxy) is 1. The van der Waals surface area contributed by atoms with Crippen molar-refractivity contribution in [3.8, 4) is 0 Å². The molecule has 0 atom stereocenters. The van der Waals surface area contributed by atoms with Crippen molar-refractivity contribution in [2.24, 2.45) is 0 Å². The number of amides is 5. The van der Waals surface area contributed by atoms with Crippen LogP contribution in [-0.2, 0) is 4.74 Å². The standard InChI is InChI=1S/C20H25N5O7/c1-2-32-20(29)23-10-6-13(7-11-23)22-19(28)21-8-3-9-24-17(26)15-5-4-14(25(30)31)12-16(15)18(24)27/h4-5,12-13H,2-3,6-11H2,1H3,(H2,21,22,28). The molecule has 0 radical (unpaired) electrons. The van der Waals surface area contributed by atoms with Crippen LogP contribution in [0.15, 0.2) is 18.2 Å². The highest BCUT2D eigenvalue weighted by Gasteiger charge is 2.36. The summed E-state index contributed by atoms with van der Waals surface area (Å²) in [7, 11) is 0. The van der Waals surface area contributed by atoms with Crippen LogP contribution in [0.2, 0.25) is 0 Å². The summed E-state index contributed by atoms with van der Waals surface area (Å²) in [6.07, 6.45) is 1.22. The summed E-state index contributed by atoms with van der Waals surface area (Å²) in [4.78, 5) is 61.5. The van der Waals surface area contributed by atoms with Gasteiger partial charge in [0.2, 0.25) is 0 Å². The number of urea groups is 1. The first kappa shape index (κ1) is 23.0. The molecule has 1 aromatic carbocycles. The van der Waals surface area contributed by atoms with E-state index in [0.29, 0.717) is 39.0 Å². The molecule has 1 aromatic rings. The van der Waals surface area contributed by atoms with Crippen molar-refractivity contribution in [3.05, 3.63) is 39.4 Å². The minimum absolute atomic E-state index is 0.0177. The van der Waals surface area contributed by atoms with Gasteiger partial charge in [-0.25, -0.2) is 9.59 Å². The van der Waals surface area contributed by atoms with E-state index in [1.54, 1.807) is 11.8 Å². The smallest absolute Gasteiger partial charge is 0.409 e. The van der Waals surface area contributed by atoms with E-state index in [2.05, 4.69) is 10.6 Å². The Hall–Kier alpha value is -3.70. The third kappa shape index (κ3) is 5.13. The Balaban J connectivity index is 1.39. The van der Waals surface area contributed by atoms with Crippen LogP contribution >= 0.6 is 0 Å². The SMILES string of the molecule is CCOC(=O)N1CCC(NC(=O)NCCCN2C(=O)c3ccc([N+](=O)[O-])cc3C2=O)CC1. The van der Waals surface area contributed by atoms with E-state index in [0.717, 1.165) is 11.0 Å². The number of nitro benzene ring substituents is 1. The number of nitrogens with zero attached hydrogens (tertiary/aromatic N) is 3. The second-order valence-electron chi connectivity index (χ2n) is 7.46. The largest absolute Gasteiger partial charge is 0.450 e. The fourth-order valence-electron chi connectivity index (χ4n) is 3.69. The van der Waals surface area contributed by atoms with Crippen molar-refractivity contribution in [3.63, 3.8) is 0 Å². The molecule has 0 unspecified atom stereocenters. The summed E-state index contributed by atoms with van der Waals surface area (Å²) in [6, 6.07) is 3.16. The van der Waals surface area contributed by atoms with Crippen LogP contribution in [0.25, 0.3) is 0 Å². The van der Waals surface area contributed by atoms with Crippen molar-refractivity contribution in [1.29, 1.82) is 0 Å². The Kier molecular flexibility index (Phi) is 7.23. The quantitative estimate of drug-likeness (QED) is 0.278. The molecule has 1 fully saturated rings. The van der Waals surface area contributed by atoms with Gasteiger partial charge in [-0.05, 0) is 32.3 Å². The van der Waals surface area contributed by atoms with E-state index in [4.69, 9.17) is 4.74 Å². The van der Waals surface area contributed by atoms with Gasteiger partial charge in [0, 0.05) is 44.4 Å². The maximum atomic E-state index is 12.4. The van der Waals surface area contributed by atoms with E-state index >= 15 is 0 Å². The third-order valence-electron chi connectivity index (χ3n) is 5.37. The number of fused-ring (bicyclic) bond motifs is 1. The topological polar surface area (TPSA) is 151 Å². The number of nitrogens with one attached hydrogen (secondary N) is 2. The van der Waals surface area contributed by atoms with Gasteiger partial charge in [0.1, 0.15) is 0 Å². The summed E-state index contributed by atoms with van der Waals surface area (Å²) in [5.74, 6) is -1.08. The van der Waals surface area contributed by atoms with E-state index in [9.17, 15) is 29.3 Å². The normalized spacial score (nSPS) is 16.0. The zero-order chi connectivity index (χ0) is 23.3. The molecular weight excluding hydrogens is 422 g/mol. The number of hydrogen-bond donors (Lipinski definition) is 2. The molecule has 3 rings (SSSR count). The van der Waals surface area contributed by atoms with Crippen molar-refractivity contribution in [1.82, 2.24) is 20.4 Å². The Morgan fingerprint density at radius 1 is 1.19 bits per heavy atom. The van der Waals surface area contributed by atoms with E-state index in [1.807, 2.05) is 0 Å². The first-order chi connectivity index (χ1) is 15.3. The van der Waals surface area contributed by atoms with E-state index in [1.165, 1.54) is 12.1 Å². The lowest BCUT2D eigenvalue weighted by Gasteiger charge is -2.31. The fraction of sp³-hybridized carbons (Fsp3) is 0.500. The predicted molar refractivity (Wildman–Crippen MR) is 111 cm³/mol. The highest BCUT2D eigenvalue weighted by molar-refractivity contribution is 6.21. The van der Waals surface area contributed by atoms with Crippen molar-refractivity contribution in [2.45, 2.75) is 32.2 Å². The number of imide groups is 1. The van der Waals surface area contributed by atoms with Gasteiger partial charge in [0.25, 0.3) is 17.5 Å². The molecule has 32 heavy (non-hydrogen) atoms.